The molecule has 1 rings (SSSR count). The number of phosphoric acid groups is 1. The van der Waals surface area contributed by atoms with Crippen LogP contribution in [0.15, 0.2) is 60.8 Å². The summed E-state index contributed by atoms with van der Waals surface area (Å²) in [6.07, 6.45) is 31.3. The van der Waals surface area contributed by atoms with Gasteiger partial charge in [0.05, 0.1) is 6.61 Å². The number of phosphoric ester groups is 1. The van der Waals surface area contributed by atoms with Crippen LogP contribution in [0.4, 0.5) is 0 Å². The molecule has 0 radical (unpaired) electrons. The van der Waals surface area contributed by atoms with Gasteiger partial charge in [-0.15, -0.1) is 0 Å². The highest BCUT2D eigenvalue weighted by atomic mass is 31.2. The fourth-order valence-corrected chi connectivity index (χ4v) is 7.54. The van der Waals surface area contributed by atoms with E-state index in [1.165, 1.54) is 44.9 Å². The Morgan fingerprint density at radius 3 is 1.44 bits per heavy atom. The zero-order chi connectivity index (χ0) is 45.0. The van der Waals surface area contributed by atoms with E-state index in [2.05, 4.69) is 74.6 Å². The molecule has 0 amide bonds. The minimum absolute atomic E-state index is 0.0551. The van der Waals surface area contributed by atoms with Gasteiger partial charge in [0.25, 0.3) is 0 Å². The van der Waals surface area contributed by atoms with Gasteiger partial charge < -0.3 is 39.9 Å². The molecule has 0 spiro atoms. The van der Waals surface area contributed by atoms with E-state index in [1.54, 1.807) is 0 Å². The summed E-state index contributed by atoms with van der Waals surface area (Å²) in [4.78, 5) is 35.7. The minimum Gasteiger partial charge on any atom is -0.462 e. The molecule has 352 valence electrons. The predicted molar refractivity (Wildman–Crippen MR) is 239 cm³/mol. The highest BCUT2D eigenvalue weighted by Crippen LogP contribution is 2.47. The molecule has 6 unspecified atom stereocenters. The zero-order valence-corrected chi connectivity index (χ0v) is 38.1. The molecule has 0 bridgehead atoms. The van der Waals surface area contributed by atoms with Crippen molar-refractivity contribution < 1.29 is 63.1 Å². The van der Waals surface area contributed by atoms with E-state index in [0.717, 1.165) is 83.5 Å². The average Bonchev–Trinajstić information content (AvgIpc) is 3.24. The van der Waals surface area contributed by atoms with Crippen molar-refractivity contribution >= 4 is 19.8 Å². The highest BCUT2D eigenvalue weighted by molar-refractivity contribution is 7.47. The molecule has 8 atom stereocenters. The Kier molecular flexibility index (Phi) is 34.3. The van der Waals surface area contributed by atoms with Crippen LogP contribution in [-0.4, -0.2) is 98.3 Å². The number of carbonyl (C=O) groups is 2. The van der Waals surface area contributed by atoms with E-state index in [9.17, 15) is 44.6 Å². The number of esters is 2. The zero-order valence-electron chi connectivity index (χ0n) is 37.2. The molecule has 0 heterocycles. The molecule has 14 heteroatoms. The van der Waals surface area contributed by atoms with Crippen molar-refractivity contribution in [3.05, 3.63) is 60.8 Å². The standard InChI is InChI=1S/C47H81O13P/c1-3-5-7-9-11-13-15-17-19-20-22-24-26-28-30-32-34-36-41(49)59-39(38-58-61(55,56)60-47-45(53)43(51)42(50)44(52)46(47)54)37-57-40(48)35-33-31-29-27-25-23-21-18-16-14-12-10-8-6-4-2/h7,9,13,15,18-21,24,26,39,42-47,50-54H,3-6,8,10-12,14,16-17,22-23,25,27-38H2,1-2H3,(H,55,56)/b9-7+,15-13+,20-19+,21-18+,26-24+/t39-,42?,43+,44?,45?,46?,47?/m1/s1. The van der Waals surface area contributed by atoms with E-state index in [1.807, 2.05) is 0 Å². The van der Waals surface area contributed by atoms with Crippen LogP contribution in [0.2, 0.25) is 0 Å². The number of carbonyl (C=O) groups excluding carboxylic acids is 2. The first-order chi connectivity index (χ1) is 29.4. The van der Waals surface area contributed by atoms with Crippen LogP contribution in [0.3, 0.4) is 0 Å². The molecular weight excluding hydrogens is 803 g/mol. The largest absolute Gasteiger partial charge is 0.472 e. The number of allylic oxidation sites excluding steroid dienone is 10. The van der Waals surface area contributed by atoms with Crippen LogP contribution >= 0.6 is 7.82 Å². The van der Waals surface area contributed by atoms with Gasteiger partial charge in [0.15, 0.2) is 6.10 Å². The van der Waals surface area contributed by atoms with Gasteiger partial charge in [-0.2, -0.15) is 0 Å². The van der Waals surface area contributed by atoms with Gasteiger partial charge in [0.1, 0.15) is 43.2 Å². The van der Waals surface area contributed by atoms with Crippen molar-refractivity contribution in [3.63, 3.8) is 0 Å². The SMILES string of the molecule is CCC/C=C/C/C=C/C/C=C/C/C=C/CCCCCC(=O)O[C@H](COC(=O)CCCCCCC/C=C/CCCCCCCC)COP(=O)(O)OC1C(O)C(O)C(O)[C@H](O)C1O. The molecule has 13 nitrogen and oxygen atoms in total. The predicted octanol–water partition coefficient (Wildman–Crippen LogP) is 8.94. The molecule has 1 aliphatic rings. The monoisotopic (exact) mass is 885 g/mol. The topological polar surface area (TPSA) is 210 Å². The first-order valence-corrected chi connectivity index (χ1v) is 24.6. The molecule has 1 fully saturated rings. The molecule has 0 aromatic rings. The van der Waals surface area contributed by atoms with Gasteiger partial charge >= 0.3 is 19.8 Å². The lowest BCUT2D eigenvalue weighted by atomic mass is 9.85. The normalized spacial score (nSPS) is 22.6. The molecule has 61 heavy (non-hydrogen) atoms. The van der Waals surface area contributed by atoms with Crippen molar-refractivity contribution in [2.24, 2.45) is 0 Å². The number of rotatable bonds is 37. The van der Waals surface area contributed by atoms with Crippen molar-refractivity contribution in [2.45, 2.75) is 211 Å². The van der Waals surface area contributed by atoms with E-state index < -0.39 is 75.7 Å². The Morgan fingerprint density at radius 2 is 0.918 bits per heavy atom. The molecule has 0 aromatic carbocycles. The third-order valence-electron chi connectivity index (χ3n) is 10.3. The quantitative estimate of drug-likeness (QED) is 0.0149. The fraction of sp³-hybridized carbons (Fsp3) is 0.745. The number of ether oxygens (including phenoxy) is 2. The lowest BCUT2D eigenvalue weighted by Crippen LogP contribution is -2.64. The summed E-state index contributed by atoms with van der Waals surface area (Å²) in [5.41, 5.74) is 0. The Hall–Kier alpha value is -2.45. The summed E-state index contributed by atoms with van der Waals surface area (Å²) in [6, 6.07) is 0. The summed E-state index contributed by atoms with van der Waals surface area (Å²) in [5.74, 6) is -1.15. The van der Waals surface area contributed by atoms with E-state index in [4.69, 9.17) is 18.5 Å². The average molecular weight is 885 g/mol. The van der Waals surface area contributed by atoms with Crippen molar-refractivity contribution in [1.29, 1.82) is 0 Å². The van der Waals surface area contributed by atoms with E-state index in [-0.39, 0.29) is 12.8 Å². The summed E-state index contributed by atoms with van der Waals surface area (Å²) in [7, 11) is -5.13. The second-order valence-corrected chi connectivity index (χ2v) is 17.3. The lowest BCUT2D eigenvalue weighted by Gasteiger charge is -2.41. The van der Waals surface area contributed by atoms with Gasteiger partial charge in [-0.3, -0.25) is 18.6 Å². The Balaban J connectivity index is 2.50. The van der Waals surface area contributed by atoms with Crippen molar-refractivity contribution in [2.75, 3.05) is 13.2 Å². The number of hydrogen-bond acceptors (Lipinski definition) is 12. The van der Waals surface area contributed by atoms with Gasteiger partial charge in [-0.25, -0.2) is 4.57 Å². The third kappa shape index (κ3) is 29.5. The number of aliphatic hydroxyl groups excluding tert-OH is 5. The van der Waals surface area contributed by atoms with E-state index in [0.29, 0.717) is 12.8 Å². The van der Waals surface area contributed by atoms with Crippen LogP contribution < -0.4 is 0 Å². The summed E-state index contributed by atoms with van der Waals surface area (Å²) < 4.78 is 33.5. The maximum absolute atomic E-state index is 12.8. The summed E-state index contributed by atoms with van der Waals surface area (Å²) in [5, 5.41) is 50.1. The number of unbranched alkanes of at least 4 members (excludes halogenated alkanes) is 15. The third-order valence-corrected chi connectivity index (χ3v) is 11.3. The summed E-state index contributed by atoms with van der Waals surface area (Å²) in [6.45, 7) is 3.18. The molecule has 0 aliphatic heterocycles. The van der Waals surface area contributed by atoms with Crippen LogP contribution in [-0.2, 0) is 32.7 Å². The molecule has 1 aliphatic carbocycles. The smallest absolute Gasteiger partial charge is 0.462 e. The van der Waals surface area contributed by atoms with Crippen LogP contribution in [0.5, 0.6) is 0 Å². The van der Waals surface area contributed by atoms with Gasteiger partial charge in [0, 0.05) is 12.8 Å². The number of hydrogen-bond donors (Lipinski definition) is 6. The second kappa shape index (κ2) is 37.0. The highest BCUT2D eigenvalue weighted by Gasteiger charge is 2.51. The molecule has 1 saturated carbocycles. The first kappa shape index (κ1) is 56.6. The van der Waals surface area contributed by atoms with Crippen molar-refractivity contribution in [3.8, 4) is 0 Å². The minimum atomic E-state index is -5.13. The molecular formula is C47H81O13P. The lowest BCUT2D eigenvalue weighted by molar-refractivity contribution is -0.220. The molecule has 0 saturated heterocycles. The van der Waals surface area contributed by atoms with Gasteiger partial charge in [-0.1, -0.05) is 139 Å². The Bertz CT molecular complexity index is 1300. The molecule has 0 aromatic heterocycles. The maximum atomic E-state index is 12.8. The Labute approximate surface area is 366 Å². The maximum Gasteiger partial charge on any atom is 0.472 e. The van der Waals surface area contributed by atoms with Crippen LogP contribution in [0, 0.1) is 0 Å². The van der Waals surface area contributed by atoms with Crippen LogP contribution in [0.25, 0.3) is 0 Å². The second-order valence-electron chi connectivity index (χ2n) is 15.9. The fourth-order valence-electron chi connectivity index (χ4n) is 6.57. The summed E-state index contributed by atoms with van der Waals surface area (Å²) >= 11 is 0. The molecule has 6 N–H and O–H groups in total. The van der Waals surface area contributed by atoms with Crippen molar-refractivity contribution in [1.82, 2.24) is 0 Å². The number of aliphatic hydroxyl groups is 5. The first-order valence-electron chi connectivity index (χ1n) is 23.1. The van der Waals surface area contributed by atoms with Crippen LogP contribution in [0.1, 0.15) is 168 Å². The Morgan fingerprint density at radius 1 is 0.508 bits per heavy atom. The van der Waals surface area contributed by atoms with Gasteiger partial charge in [0.2, 0.25) is 0 Å². The van der Waals surface area contributed by atoms with Gasteiger partial charge in [-0.05, 0) is 77.0 Å². The van der Waals surface area contributed by atoms with E-state index >= 15 is 0 Å².